The molecule has 0 saturated heterocycles. The molecule has 1 aliphatic heterocycles. The number of benzene rings is 2. The van der Waals surface area contributed by atoms with E-state index in [-0.39, 0.29) is 16.9 Å². The van der Waals surface area contributed by atoms with Crippen LogP contribution in [0.1, 0.15) is 11.5 Å². The van der Waals surface area contributed by atoms with Crippen LogP contribution < -0.4 is 4.90 Å². The maximum atomic E-state index is 11.8. The van der Waals surface area contributed by atoms with Crippen molar-refractivity contribution in [2.24, 2.45) is 0 Å². The normalized spacial score (nSPS) is 14.6. The van der Waals surface area contributed by atoms with Crippen LogP contribution >= 0.6 is 0 Å². The van der Waals surface area contributed by atoms with Gasteiger partial charge in [-0.05, 0) is 29.8 Å². The number of nitrogens with zero attached hydrogens (tertiary/aromatic N) is 1. The molecule has 0 unspecified atom stereocenters. The molecule has 6 heteroatoms. The zero-order valence-corrected chi connectivity index (χ0v) is 13.0. The third-order valence-electron chi connectivity index (χ3n) is 3.95. The Bertz CT molecular complexity index is 836. The molecule has 1 heterocycles. The summed E-state index contributed by atoms with van der Waals surface area (Å²) in [6.07, 6.45) is 2.84. The second-order valence-electron chi connectivity index (χ2n) is 5.55. The standard InChI is InChI=1S/C19H15NO5/c21-14-8-6-12(7-9-14)17-15(18(22)23)10-20(11-16(17)19(24)25)13-4-2-1-3-5-13/h1-11,17,21H,(H,22,23)(H,24,25). The van der Waals surface area contributed by atoms with Gasteiger partial charge in [-0.25, -0.2) is 9.59 Å². The quantitative estimate of drug-likeness (QED) is 0.793. The van der Waals surface area contributed by atoms with Gasteiger partial charge in [0.2, 0.25) is 0 Å². The molecule has 1 aliphatic rings. The zero-order valence-electron chi connectivity index (χ0n) is 13.0. The molecule has 0 fully saturated rings. The van der Waals surface area contributed by atoms with E-state index < -0.39 is 17.9 Å². The van der Waals surface area contributed by atoms with Crippen molar-refractivity contribution < 1.29 is 24.9 Å². The van der Waals surface area contributed by atoms with Gasteiger partial charge in [-0.15, -0.1) is 0 Å². The first-order valence-electron chi connectivity index (χ1n) is 7.49. The second-order valence-corrected chi connectivity index (χ2v) is 5.55. The fraction of sp³-hybridized carbons (Fsp3) is 0.0526. The maximum Gasteiger partial charge on any atom is 0.334 e. The lowest BCUT2D eigenvalue weighted by Gasteiger charge is -2.29. The average molecular weight is 337 g/mol. The predicted octanol–water partition coefficient (Wildman–Crippen LogP) is 2.93. The number of phenolic OH excluding ortho intramolecular Hbond substituents is 1. The predicted molar refractivity (Wildman–Crippen MR) is 91.2 cm³/mol. The van der Waals surface area contributed by atoms with Gasteiger partial charge < -0.3 is 20.2 Å². The van der Waals surface area contributed by atoms with E-state index in [1.165, 1.54) is 41.6 Å². The van der Waals surface area contributed by atoms with Crippen LogP contribution in [0, 0.1) is 0 Å². The van der Waals surface area contributed by atoms with Gasteiger partial charge >= 0.3 is 11.9 Å². The van der Waals surface area contributed by atoms with Crippen LogP contribution in [0.2, 0.25) is 0 Å². The van der Waals surface area contributed by atoms with E-state index >= 15 is 0 Å². The number of para-hydroxylation sites is 1. The molecule has 126 valence electrons. The summed E-state index contributed by atoms with van der Waals surface area (Å²) in [5.74, 6) is -3.32. The van der Waals surface area contributed by atoms with Crippen LogP contribution in [0.25, 0.3) is 0 Å². The van der Waals surface area contributed by atoms with Crippen molar-refractivity contribution in [3.8, 4) is 5.75 Å². The van der Waals surface area contributed by atoms with E-state index in [0.717, 1.165) is 0 Å². The van der Waals surface area contributed by atoms with E-state index in [2.05, 4.69) is 0 Å². The largest absolute Gasteiger partial charge is 0.508 e. The minimum atomic E-state index is -1.20. The third-order valence-corrected chi connectivity index (χ3v) is 3.95. The summed E-state index contributed by atoms with van der Waals surface area (Å²) in [6, 6.07) is 14.7. The Labute approximate surface area is 143 Å². The molecule has 0 amide bonds. The van der Waals surface area contributed by atoms with Gasteiger partial charge in [-0.3, -0.25) is 0 Å². The van der Waals surface area contributed by atoms with Gasteiger partial charge in [0.1, 0.15) is 5.75 Å². The number of aromatic hydroxyl groups is 1. The number of rotatable bonds is 4. The molecule has 2 aromatic carbocycles. The highest BCUT2D eigenvalue weighted by atomic mass is 16.4. The van der Waals surface area contributed by atoms with Crippen LogP contribution in [0.4, 0.5) is 5.69 Å². The number of carboxylic acid groups (broad SMARTS) is 2. The second kappa shape index (κ2) is 6.52. The number of hydrogen-bond donors (Lipinski definition) is 3. The molecule has 0 aliphatic carbocycles. The minimum Gasteiger partial charge on any atom is -0.508 e. The highest BCUT2D eigenvalue weighted by Crippen LogP contribution is 2.37. The smallest absolute Gasteiger partial charge is 0.334 e. The van der Waals surface area contributed by atoms with Crippen molar-refractivity contribution in [3.05, 3.63) is 83.7 Å². The number of carboxylic acids is 2. The van der Waals surface area contributed by atoms with Crippen molar-refractivity contribution >= 4 is 17.6 Å². The SMILES string of the molecule is O=C(O)C1=CN(c2ccccc2)C=C(C(=O)O)C1c1ccc(O)cc1. The highest BCUT2D eigenvalue weighted by molar-refractivity contribution is 5.98. The van der Waals surface area contributed by atoms with Gasteiger partial charge in [-0.2, -0.15) is 0 Å². The Kier molecular flexibility index (Phi) is 4.26. The van der Waals surface area contributed by atoms with E-state index in [9.17, 15) is 24.9 Å². The van der Waals surface area contributed by atoms with Gasteiger partial charge in [0.05, 0.1) is 17.1 Å². The van der Waals surface area contributed by atoms with E-state index in [1.54, 1.807) is 24.3 Å². The van der Waals surface area contributed by atoms with Crippen molar-refractivity contribution in [1.82, 2.24) is 0 Å². The lowest BCUT2D eigenvalue weighted by Crippen LogP contribution is -2.27. The summed E-state index contributed by atoms with van der Waals surface area (Å²) in [4.78, 5) is 25.1. The number of carbonyl (C=O) groups is 2. The Hall–Kier alpha value is -3.54. The van der Waals surface area contributed by atoms with Crippen molar-refractivity contribution in [2.75, 3.05) is 4.90 Å². The van der Waals surface area contributed by atoms with Gasteiger partial charge in [0.15, 0.2) is 0 Å². The molecule has 0 atom stereocenters. The minimum absolute atomic E-state index is 0.0205. The van der Waals surface area contributed by atoms with E-state index in [1.807, 2.05) is 6.07 Å². The molecule has 3 rings (SSSR count). The number of hydrogen-bond acceptors (Lipinski definition) is 4. The molecular formula is C19H15NO5. The molecule has 25 heavy (non-hydrogen) atoms. The Morgan fingerprint density at radius 3 is 1.80 bits per heavy atom. The Balaban J connectivity index is 2.14. The Morgan fingerprint density at radius 2 is 1.32 bits per heavy atom. The first-order chi connectivity index (χ1) is 12.0. The van der Waals surface area contributed by atoms with Gasteiger partial charge in [-0.1, -0.05) is 30.3 Å². The summed E-state index contributed by atoms with van der Waals surface area (Å²) in [5.41, 5.74) is 1.01. The van der Waals surface area contributed by atoms with Crippen LogP contribution in [0.5, 0.6) is 5.75 Å². The molecule has 2 aromatic rings. The van der Waals surface area contributed by atoms with Crippen LogP contribution in [0.3, 0.4) is 0 Å². The molecule has 0 saturated carbocycles. The first-order valence-corrected chi connectivity index (χ1v) is 7.49. The molecule has 0 aromatic heterocycles. The lowest BCUT2D eigenvalue weighted by atomic mass is 9.83. The van der Waals surface area contributed by atoms with Gasteiger partial charge in [0.25, 0.3) is 0 Å². The molecule has 6 nitrogen and oxygen atoms in total. The molecule has 3 N–H and O–H groups in total. The summed E-state index contributed by atoms with van der Waals surface area (Å²) in [6.45, 7) is 0. The number of anilines is 1. The van der Waals surface area contributed by atoms with Crippen LogP contribution in [0.15, 0.2) is 78.1 Å². The summed E-state index contributed by atoms with van der Waals surface area (Å²) in [5, 5.41) is 28.7. The van der Waals surface area contributed by atoms with Crippen molar-refractivity contribution in [2.45, 2.75) is 5.92 Å². The first kappa shape index (κ1) is 16.3. The highest BCUT2D eigenvalue weighted by Gasteiger charge is 2.34. The molecule has 0 radical (unpaired) electrons. The van der Waals surface area contributed by atoms with E-state index in [0.29, 0.717) is 11.3 Å². The fourth-order valence-electron chi connectivity index (χ4n) is 2.79. The van der Waals surface area contributed by atoms with Crippen molar-refractivity contribution in [3.63, 3.8) is 0 Å². The van der Waals surface area contributed by atoms with Crippen molar-refractivity contribution in [1.29, 1.82) is 0 Å². The lowest BCUT2D eigenvalue weighted by molar-refractivity contribution is -0.133. The monoisotopic (exact) mass is 337 g/mol. The Morgan fingerprint density at radius 1 is 0.800 bits per heavy atom. The van der Waals surface area contributed by atoms with E-state index in [4.69, 9.17) is 0 Å². The van der Waals surface area contributed by atoms with Crippen LogP contribution in [-0.4, -0.2) is 27.3 Å². The molecule has 0 bridgehead atoms. The van der Waals surface area contributed by atoms with Gasteiger partial charge in [0, 0.05) is 18.1 Å². The molecular weight excluding hydrogens is 322 g/mol. The zero-order chi connectivity index (χ0) is 18.0. The maximum absolute atomic E-state index is 11.8. The average Bonchev–Trinajstić information content (AvgIpc) is 2.62. The summed E-state index contributed by atoms with van der Waals surface area (Å²) in [7, 11) is 0. The third kappa shape index (κ3) is 3.23. The summed E-state index contributed by atoms with van der Waals surface area (Å²) >= 11 is 0. The number of aliphatic carboxylic acids is 2. The summed E-state index contributed by atoms with van der Waals surface area (Å²) < 4.78 is 0. The number of phenols is 1. The molecule has 0 spiro atoms. The van der Waals surface area contributed by atoms with Crippen LogP contribution in [-0.2, 0) is 9.59 Å². The topological polar surface area (TPSA) is 98.1 Å². The fourth-order valence-corrected chi connectivity index (χ4v) is 2.79.